The van der Waals surface area contributed by atoms with Crippen LogP contribution in [0.25, 0.3) is 0 Å². The fourth-order valence-corrected chi connectivity index (χ4v) is 0.296. The molecule has 0 aromatic heterocycles. The van der Waals surface area contributed by atoms with Crippen molar-refractivity contribution in [1.82, 2.24) is 0 Å². The van der Waals surface area contributed by atoms with Gasteiger partial charge in [0, 0.05) is 0 Å². The number of nitrogens with two attached hydrogens (primary N) is 4. The van der Waals surface area contributed by atoms with Crippen molar-refractivity contribution >= 4 is 23.8 Å². The van der Waals surface area contributed by atoms with Crippen LogP contribution in [0.4, 0.5) is 0 Å². The molecule has 0 unspecified atom stereocenters. The summed E-state index contributed by atoms with van der Waals surface area (Å²) in [6.07, 6.45) is 0. The normalized spacial score (nSPS) is 8.31. The van der Waals surface area contributed by atoms with Crippen molar-refractivity contribution in [2.45, 2.75) is 0 Å². The van der Waals surface area contributed by atoms with Crippen molar-refractivity contribution in [3.8, 4) is 0 Å². The van der Waals surface area contributed by atoms with E-state index in [1.54, 1.807) is 0 Å². The lowest BCUT2D eigenvalue weighted by molar-refractivity contribution is -0.153. The van der Waals surface area contributed by atoms with E-state index in [0.29, 0.717) is 0 Å². The molecule has 0 aromatic rings. The fourth-order valence-electron chi connectivity index (χ4n) is 0.296. The molecule has 0 aliphatic carbocycles. The van der Waals surface area contributed by atoms with E-state index in [2.05, 4.69) is 15.0 Å². The van der Waals surface area contributed by atoms with E-state index >= 15 is 0 Å². The van der Waals surface area contributed by atoms with Crippen LogP contribution in [-0.4, -0.2) is 23.8 Å². The van der Waals surface area contributed by atoms with Gasteiger partial charge in [-0.3, -0.25) is 4.79 Å². The van der Waals surface area contributed by atoms with Crippen molar-refractivity contribution in [2.24, 2.45) is 33.1 Å². The molecule has 9 nitrogen and oxygen atoms in total. The molecule has 0 heterocycles. The molecule has 0 aliphatic heterocycles. The van der Waals surface area contributed by atoms with Gasteiger partial charge in [0.15, 0.2) is 5.96 Å². The Labute approximate surface area is 72.4 Å². The lowest BCUT2D eigenvalue weighted by atomic mass is 10.6. The summed E-state index contributed by atoms with van der Waals surface area (Å²) in [4.78, 5) is 27.9. The van der Waals surface area contributed by atoms with Crippen LogP contribution >= 0.6 is 0 Å². The number of amides is 1. The molecule has 0 aliphatic rings. The summed E-state index contributed by atoms with van der Waals surface area (Å²) >= 11 is 0. The van der Waals surface area contributed by atoms with Gasteiger partial charge in [0.2, 0.25) is 5.96 Å². The summed E-state index contributed by atoms with van der Waals surface area (Å²) in [6, 6.07) is 0. The van der Waals surface area contributed by atoms with Crippen molar-refractivity contribution in [2.75, 3.05) is 0 Å². The zero-order valence-corrected chi connectivity index (χ0v) is 6.43. The second kappa shape index (κ2) is 4.54. The Kier molecular flexibility index (Phi) is 3.73. The van der Waals surface area contributed by atoms with Crippen LogP contribution in [0.2, 0.25) is 0 Å². The first-order valence-corrected chi connectivity index (χ1v) is 2.87. The number of aliphatic imine (C=N–C) groups is 1. The number of oxime groups is 1. The van der Waals surface area contributed by atoms with Crippen molar-refractivity contribution < 1.29 is 14.4 Å². The molecule has 0 fully saturated rings. The van der Waals surface area contributed by atoms with Gasteiger partial charge in [0.1, 0.15) is 0 Å². The van der Waals surface area contributed by atoms with E-state index in [4.69, 9.17) is 22.9 Å². The first kappa shape index (κ1) is 10.7. The molecule has 9 heteroatoms. The van der Waals surface area contributed by atoms with Gasteiger partial charge in [0.25, 0.3) is 0 Å². The zero-order chi connectivity index (χ0) is 10.4. The first-order chi connectivity index (χ1) is 5.93. The Balaban J connectivity index is 4.22. The Morgan fingerprint density at radius 1 is 1.00 bits per heavy atom. The molecule has 0 rings (SSSR count). The quantitative estimate of drug-likeness (QED) is 0.109. The summed E-state index contributed by atoms with van der Waals surface area (Å²) in [5, 5.41) is 2.80. The third-order valence-corrected chi connectivity index (χ3v) is 0.639. The van der Waals surface area contributed by atoms with E-state index in [0.717, 1.165) is 0 Å². The number of carbonyl (C=O) groups excluding carboxylic acids is 2. The molecule has 13 heavy (non-hydrogen) atoms. The maximum atomic E-state index is 10.6. The average molecular weight is 188 g/mol. The summed E-state index contributed by atoms with van der Waals surface area (Å²) in [5.41, 5.74) is 19.2. The molecule has 0 aromatic carbocycles. The second-order valence-corrected chi connectivity index (χ2v) is 1.74. The highest BCUT2D eigenvalue weighted by atomic mass is 16.7. The lowest BCUT2D eigenvalue weighted by Crippen LogP contribution is -2.28. The zero-order valence-electron chi connectivity index (χ0n) is 6.43. The predicted molar refractivity (Wildman–Crippen MR) is 42.7 cm³/mol. The Bertz CT molecular complexity index is 274. The average Bonchev–Trinajstić information content (AvgIpc) is 1.98. The van der Waals surface area contributed by atoms with E-state index in [-0.39, 0.29) is 0 Å². The summed E-state index contributed by atoms with van der Waals surface area (Å²) in [5.74, 6) is -3.76. The SMILES string of the molecule is NC(N)=NOC(=O)C(=O)N=C(N)N. The molecule has 0 saturated carbocycles. The van der Waals surface area contributed by atoms with Crippen LogP contribution in [0, 0.1) is 0 Å². The number of rotatable bonds is 1. The molecular weight excluding hydrogens is 180 g/mol. The molecule has 0 radical (unpaired) electrons. The monoisotopic (exact) mass is 188 g/mol. The van der Waals surface area contributed by atoms with Crippen molar-refractivity contribution in [3.05, 3.63) is 0 Å². The minimum atomic E-state index is -1.39. The molecule has 8 N–H and O–H groups in total. The molecule has 0 atom stereocenters. The highest BCUT2D eigenvalue weighted by Gasteiger charge is 2.14. The van der Waals surface area contributed by atoms with Crippen LogP contribution in [0.1, 0.15) is 0 Å². The van der Waals surface area contributed by atoms with E-state index in [9.17, 15) is 9.59 Å². The maximum absolute atomic E-state index is 10.6. The third-order valence-electron chi connectivity index (χ3n) is 0.639. The molecule has 0 saturated heterocycles. The Hall–Kier alpha value is -2.32. The summed E-state index contributed by atoms with van der Waals surface area (Å²) < 4.78 is 0. The largest absolute Gasteiger partial charge is 0.425 e. The lowest BCUT2D eigenvalue weighted by Gasteiger charge is -1.92. The van der Waals surface area contributed by atoms with Crippen LogP contribution in [0.3, 0.4) is 0 Å². The van der Waals surface area contributed by atoms with Crippen LogP contribution in [-0.2, 0) is 14.4 Å². The number of nitrogens with zero attached hydrogens (tertiary/aromatic N) is 2. The van der Waals surface area contributed by atoms with E-state index < -0.39 is 23.8 Å². The summed E-state index contributed by atoms with van der Waals surface area (Å²) in [6.45, 7) is 0. The number of guanidine groups is 2. The maximum Gasteiger partial charge on any atom is 0.425 e. The van der Waals surface area contributed by atoms with Gasteiger partial charge in [-0.25, -0.2) is 4.79 Å². The van der Waals surface area contributed by atoms with Gasteiger partial charge in [0.05, 0.1) is 0 Å². The third kappa shape index (κ3) is 5.01. The van der Waals surface area contributed by atoms with Crippen LogP contribution in [0.5, 0.6) is 0 Å². The van der Waals surface area contributed by atoms with Gasteiger partial charge in [-0.05, 0) is 5.16 Å². The number of carbonyl (C=O) groups is 2. The highest BCUT2D eigenvalue weighted by molar-refractivity contribution is 6.34. The van der Waals surface area contributed by atoms with Gasteiger partial charge >= 0.3 is 11.9 Å². The van der Waals surface area contributed by atoms with E-state index in [1.807, 2.05) is 0 Å². The summed E-state index contributed by atoms with van der Waals surface area (Å²) in [7, 11) is 0. The number of hydrogen-bond donors (Lipinski definition) is 4. The standard InChI is InChI=1S/C4H8N6O3/c5-3(6)9-1(11)2(12)13-10-4(7)8/h(H4,7,8,10)(H4,5,6,9,11). The smallest absolute Gasteiger partial charge is 0.370 e. The fraction of sp³-hybridized carbons (Fsp3) is 0. The van der Waals surface area contributed by atoms with Crippen molar-refractivity contribution in [3.63, 3.8) is 0 Å². The minimum absolute atomic E-state index is 0.508. The predicted octanol–water partition coefficient (Wildman–Crippen LogP) is -3.48. The van der Waals surface area contributed by atoms with Gasteiger partial charge in [-0.15, -0.1) is 0 Å². The second-order valence-electron chi connectivity index (χ2n) is 1.74. The molecular formula is C4H8N6O3. The number of hydrogen-bond acceptors (Lipinski definition) is 4. The van der Waals surface area contributed by atoms with Gasteiger partial charge in [-0.2, -0.15) is 4.99 Å². The highest BCUT2D eigenvalue weighted by Crippen LogP contribution is 1.83. The van der Waals surface area contributed by atoms with Crippen LogP contribution in [0.15, 0.2) is 10.1 Å². The van der Waals surface area contributed by atoms with Crippen molar-refractivity contribution in [1.29, 1.82) is 0 Å². The molecule has 1 amide bonds. The molecule has 0 spiro atoms. The van der Waals surface area contributed by atoms with Gasteiger partial charge < -0.3 is 27.8 Å². The van der Waals surface area contributed by atoms with Gasteiger partial charge in [-0.1, -0.05) is 0 Å². The first-order valence-electron chi connectivity index (χ1n) is 2.87. The Morgan fingerprint density at radius 3 is 1.92 bits per heavy atom. The van der Waals surface area contributed by atoms with E-state index in [1.165, 1.54) is 0 Å². The topological polar surface area (TPSA) is 172 Å². The Morgan fingerprint density at radius 2 is 1.54 bits per heavy atom. The molecule has 72 valence electrons. The molecule has 0 bridgehead atoms. The van der Waals surface area contributed by atoms with Crippen LogP contribution < -0.4 is 22.9 Å². The minimum Gasteiger partial charge on any atom is -0.370 e.